The lowest BCUT2D eigenvalue weighted by molar-refractivity contribution is -0.150. The molecule has 0 saturated heterocycles. The van der Waals surface area contributed by atoms with Crippen LogP contribution in [0.3, 0.4) is 0 Å². The largest absolute Gasteiger partial charge is 0.463 e. The highest BCUT2D eigenvalue weighted by Gasteiger charge is 2.55. The summed E-state index contributed by atoms with van der Waals surface area (Å²) in [6.07, 6.45) is 18.6. The maximum absolute atomic E-state index is 11.5. The van der Waals surface area contributed by atoms with Crippen molar-refractivity contribution in [3.05, 3.63) is 35.5 Å². The minimum atomic E-state index is -0.124. The second kappa shape index (κ2) is 8.80. The normalized spacial score (nSPS) is 40.8. The minimum absolute atomic E-state index is 0.117. The van der Waals surface area contributed by atoms with Gasteiger partial charge in [0.25, 0.3) is 0 Å². The Labute approximate surface area is 197 Å². The van der Waals surface area contributed by atoms with Gasteiger partial charge in [0, 0.05) is 6.92 Å². The van der Waals surface area contributed by atoms with E-state index < -0.39 is 0 Å². The Morgan fingerprint density at radius 2 is 1.84 bits per heavy atom. The number of fused-ring (bicyclic) bond motifs is 5. The highest BCUT2D eigenvalue weighted by Crippen LogP contribution is 2.64. The van der Waals surface area contributed by atoms with Gasteiger partial charge < -0.3 is 4.74 Å². The molecule has 0 bridgehead atoms. The van der Waals surface area contributed by atoms with Crippen LogP contribution in [0.2, 0.25) is 0 Å². The van der Waals surface area contributed by atoms with Crippen LogP contribution in [-0.2, 0) is 9.53 Å². The van der Waals surface area contributed by atoms with Crippen molar-refractivity contribution < 1.29 is 9.53 Å². The van der Waals surface area contributed by atoms with E-state index >= 15 is 0 Å². The number of carbonyl (C=O) groups excluding carboxylic acids is 1. The number of carbonyl (C=O) groups is 1. The van der Waals surface area contributed by atoms with Crippen molar-refractivity contribution in [1.29, 1.82) is 0 Å². The van der Waals surface area contributed by atoms with Crippen LogP contribution in [-0.4, -0.2) is 12.1 Å². The molecule has 4 aliphatic rings. The van der Waals surface area contributed by atoms with Crippen molar-refractivity contribution in [2.24, 2.45) is 46.3 Å². The molecule has 178 valence electrons. The molecule has 0 spiro atoms. The average molecular weight is 439 g/mol. The number of rotatable bonds is 5. The van der Waals surface area contributed by atoms with Gasteiger partial charge in [0.05, 0.1) is 0 Å². The second-order valence-corrected chi connectivity index (χ2v) is 12.4. The minimum Gasteiger partial charge on any atom is -0.463 e. The summed E-state index contributed by atoms with van der Waals surface area (Å²) >= 11 is 0. The second-order valence-electron chi connectivity index (χ2n) is 12.4. The van der Waals surface area contributed by atoms with E-state index in [2.05, 4.69) is 65.8 Å². The van der Waals surface area contributed by atoms with Crippen molar-refractivity contribution in [1.82, 2.24) is 0 Å². The van der Waals surface area contributed by atoms with Crippen LogP contribution >= 0.6 is 0 Å². The molecule has 4 aliphatic carbocycles. The third-order valence-corrected chi connectivity index (χ3v) is 10.3. The Morgan fingerprint density at radius 3 is 2.53 bits per heavy atom. The summed E-state index contributed by atoms with van der Waals surface area (Å²) in [5.74, 6) is 3.98. The molecule has 2 nitrogen and oxygen atoms in total. The van der Waals surface area contributed by atoms with Crippen molar-refractivity contribution in [2.75, 3.05) is 0 Å². The number of hydrogen-bond acceptors (Lipinski definition) is 2. The summed E-state index contributed by atoms with van der Waals surface area (Å²) in [6.45, 7) is 16.1. The van der Waals surface area contributed by atoms with Gasteiger partial charge >= 0.3 is 5.97 Å². The molecule has 2 heteroatoms. The van der Waals surface area contributed by atoms with E-state index in [9.17, 15) is 4.79 Å². The summed E-state index contributed by atoms with van der Waals surface area (Å²) in [7, 11) is 0. The Morgan fingerprint density at radius 1 is 1.09 bits per heavy atom. The van der Waals surface area contributed by atoms with E-state index in [0.717, 1.165) is 37.5 Å². The van der Waals surface area contributed by atoms with Crippen LogP contribution in [0.25, 0.3) is 0 Å². The molecular formula is C30H46O2. The topological polar surface area (TPSA) is 26.3 Å². The van der Waals surface area contributed by atoms with E-state index in [1.54, 1.807) is 18.1 Å². The van der Waals surface area contributed by atoms with Gasteiger partial charge in [0.1, 0.15) is 6.10 Å². The molecule has 0 unspecified atom stereocenters. The smallest absolute Gasteiger partial charge is 0.302 e. The third-order valence-electron chi connectivity index (χ3n) is 10.3. The zero-order valence-electron chi connectivity index (χ0n) is 21.6. The first-order valence-electron chi connectivity index (χ1n) is 13.3. The lowest BCUT2D eigenvalue weighted by Gasteiger charge is -2.53. The summed E-state index contributed by atoms with van der Waals surface area (Å²) in [5, 5.41) is 0. The standard InChI is InChI=1S/C30H46O2/c1-19(2)20(3)8-9-21(4)26-12-13-27-25-11-10-23-18-24(32-22(5)31)14-16-29(23,6)28(25)15-17-30(26,27)7/h8-9,11,15,19-21,23-24,26-27H,10,12-14,16-18H2,1-7H3/b9-8+/t20-,21+,23-,24-,26+,27-,29-,30+/m0/s1. The first-order valence-corrected chi connectivity index (χ1v) is 13.3. The highest BCUT2D eigenvalue weighted by atomic mass is 16.5. The molecule has 32 heavy (non-hydrogen) atoms. The molecule has 0 aromatic heterocycles. The molecule has 0 aliphatic heterocycles. The fourth-order valence-electron chi connectivity index (χ4n) is 7.76. The summed E-state index contributed by atoms with van der Waals surface area (Å²) in [5.41, 5.74) is 4.00. The van der Waals surface area contributed by atoms with Crippen molar-refractivity contribution in [3.8, 4) is 0 Å². The molecule has 0 aromatic rings. The van der Waals surface area contributed by atoms with Crippen LogP contribution in [0.15, 0.2) is 35.5 Å². The van der Waals surface area contributed by atoms with Gasteiger partial charge in [-0.1, -0.05) is 65.8 Å². The summed E-state index contributed by atoms with van der Waals surface area (Å²) in [4.78, 5) is 11.5. The number of esters is 1. The monoisotopic (exact) mass is 438 g/mol. The van der Waals surface area contributed by atoms with Gasteiger partial charge in [-0.05, 0) is 102 Å². The lowest BCUT2D eigenvalue weighted by Crippen LogP contribution is -2.45. The van der Waals surface area contributed by atoms with Crippen molar-refractivity contribution in [2.45, 2.75) is 99.5 Å². The molecule has 0 heterocycles. The van der Waals surface area contributed by atoms with Gasteiger partial charge in [-0.15, -0.1) is 0 Å². The fourth-order valence-corrected chi connectivity index (χ4v) is 7.76. The zero-order chi connectivity index (χ0) is 23.3. The quantitative estimate of drug-likeness (QED) is 0.322. The van der Waals surface area contributed by atoms with Crippen molar-refractivity contribution in [3.63, 3.8) is 0 Å². The predicted octanol–water partition coefficient (Wildman–Crippen LogP) is 7.90. The number of ether oxygens (including phenoxy) is 1. The van der Waals surface area contributed by atoms with Gasteiger partial charge in [-0.3, -0.25) is 4.79 Å². The van der Waals surface area contributed by atoms with Crippen molar-refractivity contribution >= 4 is 5.97 Å². The van der Waals surface area contributed by atoms with Crippen LogP contribution < -0.4 is 0 Å². The average Bonchev–Trinajstić information content (AvgIpc) is 3.08. The molecule has 2 saturated carbocycles. The molecular weight excluding hydrogens is 392 g/mol. The van der Waals surface area contributed by atoms with Crippen LogP contribution in [0.4, 0.5) is 0 Å². The Hall–Kier alpha value is -1.31. The van der Waals surface area contributed by atoms with E-state index in [-0.39, 0.29) is 17.5 Å². The van der Waals surface area contributed by atoms with E-state index in [1.807, 2.05) is 0 Å². The van der Waals surface area contributed by atoms with E-state index in [0.29, 0.717) is 29.1 Å². The molecule has 0 N–H and O–H groups in total. The maximum atomic E-state index is 11.5. The molecule has 4 rings (SSSR count). The highest BCUT2D eigenvalue weighted by molar-refractivity contribution is 5.66. The fraction of sp³-hybridized carbons (Fsp3) is 0.767. The SMILES string of the molecule is CC(=O)O[C@H]1CC[C@]2(C)C3=CC[C@]4(C)[C@@H]([C@H](C)/C=C/[C@H](C)C(C)C)CC[C@H]4C3=CC[C@H]2C1. The molecule has 8 atom stereocenters. The van der Waals surface area contributed by atoms with Crippen LogP contribution in [0.5, 0.6) is 0 Å². The summed E-state index contributed by atoms with van der Waals surface area (Å²) in [6, 6.07) is 0. The van der Waals surface area contributed by atoms with Gasteiger partial charge in [0.2, 0.25) is 0 Å². The Balaban J connectivity index is 1.54. The van der Waals surface area contributed by atoms with Gasteiger partial charge in [-0.25, -0.2) is 0 Å². The summed E-state index contributed by atoms with van der Waals surface area (Å²) < 4.78 is 5.62. The van der Waals surface area contributed by atoms with Crippen LogP contribution in [0.1, 0.15) is 93.4 Å². The number of hydrogen-bond donors (Lipinski definition) is 0. The first-order chi connectivity index (χ1) is 15.1. The molecule has 2 fully saturated rings. The molecule has 0 radical (unpaired) electrons. The third kappa shape index (κ3) is 4.05. The molecule has 0 amide bonds. The maximum Gasteiger partial charge on any atom is 0.302 e. The zero-order valence-corrected chi connectivity index (χ0v) is 21.6. The van der Waals surface area contributed by atoms with Crippen LogP contribution in [0, 0.1) is 46.3 Å². The van der Waals surface area contributed by atoms with Gasteiger partial charge in [0.15, 0.2) is 0 Å². The Kier molecular flexibility index (Phi) is 6.56. The van der Waals surface area contributed by atoms with E-state index in [4.69, 9.17) is 4.74 Å². The lowest BCUT2D eigenvalue weighted by atomic mass is 9.51. The van der Waals surface area contributed by atoms with Gasteiger partial charge in [-0.2, -0.15) is 0 Å². The Bertz CT molecular complexity index is 817. The molecule has 0 aromatic carbocycles. The van der Waals surface area contributed by atoms with E-state index in [1.165, 1.54) is 19.3 Å². The first kappa shape index (κ1) is 23.8. The number of allylic oxidation sites excluding steroid dienone is 6. The predicted molar refractivity (Wildman–Crippen MR) is 133 cm³/mol.